The first-order valence-corrected chi connectivity index (χ1v) is 8.89. The molecule has 1 saturated heterocycles. The molecule has 0 amide bonds. The Kier molecular flexibility index (Phi) is 5.83. The van der Waals surface area contributed by atoms with Crippen LogP contribution in [0, 0.1) is 0 Å². The maximum absolute atomic E-state index is 4.66. The summed E-state index contributed by atoms with van der Waals surface area (Å²) in [6.07, 6.45) is 5.80. The fourth-order valence-electron chi connectivity index (χ4n) is 3.35. The van der Waals surface area contributed by atoms with Crippen molar-refractivity contribution >= 4 is 11.5 Å². The summed E-state index contributed by atoms with van der Waals surface area (Å²) in [7, 11) is 4.29. The lowest BCUT2D eigenvalue weighted by atomic mass is 10.1. The van der Waals surface area contributed by atoms with Crippen molar-refractivity contribution in [3.63, 3.8) is 0 Å². The van der Waals surface area contributed by atoms with E-state index in [0.29, 0.717) is 6.04 Å². The molecule has 24 heavy (non-hydrogen) atoms. The molecule has 1 atom stereocenters. The minimum atomic E-state index is 0.673. The monoisotopic (exact) mass is 324 g/mol. The van der Waals surface area contributed by atoms with Gasteiger partial charge in [-0.25, -0.2) is 4.98 Å². The number of hydrogen-bond acceptors (Lipinski definition) is 4. The first-order chi connectivity index (χ1) is 11.7. The second kappa shape index (κ2) is 8.27. The van der Waals surface area contributed by atoms with Gasteiger partial charge in [-0.05, 0) is 63.2 Å². The lowest BCUT2D eigenvalue weighted by molar-refractivity contribution is 0.216. The number of hydrogen-bond donors (Lipinski definition) is 1. The van der Waals surface area contributed by atoms with E-state index >= 15 is 0 Å². The van der Waals surface area contributed by atoms with Crippen molar-refractivity contribution < 1.29 is 0 Å². The van der Waals surface area contributed by atoms with Crippen LogP contribution in [0.15, 0.2) is 48.7 Å². The van der Waals surface area contributed by atoms with Crippen LogP contribution in [0.3, 0.4) is 0 Å². The Bertz CT molecular complexity index is 603. The largest absolute Gasteiger partial charge is 0.329 e. The quantitative estimate of drug-likeness (QED) is 0.913. The van der Waals surface area contributed by atoms with Crippen LogP contribution in [-0.4, -0.2) is 43.1 Å². The molecule has 1 aliphatic rings. The van der Waals surface area contributed by atoms with E-state index < -0.39 is 0 Å². The van der Waals surface area contributed by atoms with Crippen LogP contribution in [0.4, 0.5) is 11.5 Å². The first-order valence-electron chi connectivity index (χ1n) is 8.89. The van der Waals surface area contributed by atoms with Gasteiger partial charge in [0.25, 0.3) is 0 Å². The molecule has 2 aromatic rings. The summed E-state index contributed by atoms with van der Waals surface area (Å²) in [5.41, 5.74) is 2.43. The summed E-state index contributed by atoms with van der Waals surface area (Å²) in [6, 6.07) is 15.3. The minimum absolute atomic E-state index is 0.673. The highest BCUT2D eigenvalue weighted by molar-refractivity contribution is 5.58. The van der Waals surface area contributed by atoms with Gasteiger partial charge >= 0.3 is 0 Å². The standard InChI is InChI=1S/C20H28N4/c1-23(18-9-6-13-21-14-12-18)16-17-10-11-20(22-15-17)24(2)19-7-4-3-5-8-19/h3-5,7-8,10-11,15,18,21H,6,9,12-14,16H2,1-2H3. The van der Waals surface area contributed by atoms with Crippen LogP contribution < -0.4 is 10.2 Å². The Morgan fingerprint density at radius 3 is 2.62 bits per heavy atom. The number of benzene rings is 1. The molecule has 3 rings (SSSR count). The van der Waals surface area contributed by atoms with E-state index in [1.807, 2.05) is 12.3 Å². The van der Waals surface area contributed by atoms with Gasteiger partial charge < -0.3 is 10.2 Å². The number of nitrogens with zero attached hydrogens (tertiary/aromatic N) is 3. The Labute approximate surface area is 145 Å². The maximum Gasteiger partial charge on any atom is 0.132 e. The molecule has 0 spiro atoms. The second-order valence-electron chi connectivity index (χ2n) is 6.67. The van der Waals surface area contributed by atoms with Crippen molar-refractivity contribution in [1.82, 2.24) is 15.2 Å². The molecular formula is C20H28N4. The predicted octanol–water partition coefficient (Wildman–Crippen LogP) is 3.42. The number of anilines is 2. The molecule has 1 fully saturated rings. The zero-order valence-corrected chi connectivity index (χ0v) is 14.8. The number of rotatable bonds is 5. The average Bonchev–Trinajstić information content (AvgIpc) is 2.92. The number of nitrogens with one attached hydrogen (secondary N) is 1. The van der Waals surface area contributed by atoms with Crippen LogP contribution in [0.5, 0.6) is 0 Å². The Morgan fingerprint density at radius 2 is 1.88 bits per heavy atom. The van der Waals surface area contributed by atoms with Crippen LogP contribution in [0.25, 0.3) is 0 Å². The van der Waals surface area contributed by atoms with Gasteiger partial charge in [0.2, 0.25) is 0 Å². The van der Waals surface area contributed by atoms with Crippen molar-refractivity contribution in [2.45, 2.75) is 31.8 Å². The lowest BCUT2D eigenvalue weighted by Gasteiger charge is -2.27. The molecule has 1 aromatic carbocycles. The third-order valence-corrected chi connectivity index (χ3v) is 4.90. The van der Waals surface area contributed by atoms with E-state index in [4.69, 9.17) is 0 Å². The molecule has 1 unspecified atom stereocenters. The van der Waals surface area contributed by atoms with E-state index in [1.54, 1.807) is 0 Å². The molecule has 0 bridgehead atoms. The van der Waals surface area contributed by atoms with E-state index in [-0.39, 0.29) is 0 Å². The molecule has 128 valence electrons. The molecule has 1 aromatic heterocycles. The van der Waals surface area contributed by atoms with Gasteiger partial charge in [-0.1, -0.05) is 24.3 Å². The van der Waals surface area contributed by atoms with Crippen LogP contribution in [0.2, 0.25) is 0 Å². The van der Waals surface area contributed by atoms with Crippen molar-refractivity contribution in [3.05, 3.63) is 54.2 Å². The molecule has 4 heteroatoms. The zero-order valence-electron chi connectivity index (χ0n) is 14.8. The van der Waals surface area contributed by atoms with Crippen LogP contribution in [0.1, 0.15) is 24.8 Å². The van der Waals surface area contributed by atoms with E-state index in [2.05, 4.69) is 70.6 Å². The topological polar surface area (TPSA) is 31.4 Å². The second-order valence-corrected chi connectivity index (χ2v) is 6.67. The van der Waals surface area contributed by atoms with Gasteiger partial charge in [-0.2, -0.15) is 0 Å². The van der Waals surface area contributed by atoms with Crippen molar-refractivity contribution in [1.29, 1.82) is 0 Å². The molecule has 1 aliphatic heterocycles. The van der Waals surface area contributed by atoms with Crippen molar-refractivity contribution in [3.8, 4) is 0 Å². The third kappa shape index (κ3) is 4.34. The predicted molar refractivity (Wildman–Crippen MR) is 101 cm³/mol. The average molecular weight is 324 g/mol. The normalized spacial score (nSPS) is 18.4. The molecule has 0 radical (unpaired) electrons. The summed E-state index contributed by atoms with van der Waals surface area (Å²) >= 11 is 0. The summed E-state index contributed by atoms with van der Waals surface area (Å²) in [6.45, 7) is 3.26. The third-order valence-electron chi connectivity index (χ3n) is 4.90. The van der Waals surface area contributed by atoms with E-state index in [9.17, 15) is 0 Å². The van der Waals surface area contributed by atoms with Gasteiger partial charge in [0.05, 0.1) is 0 Å². The smallest absolute Gasteiger partial charge is 0.132 e. The number of para-hydroxylation sites is 1. The molecule has 0 saturated carbocycles. The van der Waals surface area contributed by atoms with Gasteiger partial charge in [-0.15, -0.1) is 0 Å². The molecule has 2 heterocycles. The highest BCUT2D eigenvalue weighted by Gasteiger charge is 2.17. The number of aromatic nitrogens is 1. The van der Waals surface area contributed by atoms with Gasteiger partial charge in [-0.3, -0.25) is 4.90 Å². The van der Waals surface area contributed by atoms with Crippen LogP contribution >= 0.6 is 0 Å². The molecule has 4 nitrogen and oxygen atoms in total. The van der Waals surface area contributed by atoms with Gasteiger partial charge in [0.15, 0.2) is 0 Å². The van der Waals surface area contributed by atoms with E-state index in [1.165, 1.54) is 24.8 Å². The van der Waals surface area contributed by atoms with Crippen molar-refractivity contribution in [2.75, 3.05) is 32.1 Å². The van der Waals surface area contributed by atoms with Gasteiger partial charge in [0.1, 0.15) is 5.82 Å². The summed E-state index contributed by atoms with van der Waals surface area (Å²) < 4.78 is 0. The minimum Gasteiger partial charge on any atom is -0.329 e. The Hall–Kier alpha value is -1.91. The fraction of sp³-hybridized carbons (Fsp3) is 0.450. The molecular weight excluding hydrogens is 296 g/mol. The Balaban J connectivity index is 1.61. The van der Waals surface area contributed by atoms with E-state index in [0.717, 1.165) is 31.1 Å². The molecule has 1 N–H and O–H groups in total. The lowest BCUT2D eigenvalue weighted by Crippen LogP contribution is -2.32. The highest BCUT2D eigenvalue weighted by atomic mass is 15.2. The number of pyridine rings is 1. The van der Waals surface area contributed by atoms with Crippen molar-refractivity contribution in [2.24, 2.45) is 0 Å². The fourth-order valence-corrected chi connectivity index (χ4v) is 3.35. The Morgan fingerprint density at radius 1 is 1.04 bits per heavy atom. The van der Waals surface area contributed by atoms with Gasteiger partial charge in [0, 0.05) is 31.5 Å². The summed E-state index contributed by atoms with van der Waals surface area (Å²) in [5.74, 6) is 0.978. The summed E-state index contributed by atoms with van der Waals surface area (Å²) in [4.78, 5) is 9.25. The highest BCUT2D eigenvalue weighted by Crippen LogP contribution is 2.21. The summed E-state index contributed by atoms with van der Waals surface area (Å²) in [5, 5.41) is 3.49. The van der Waals surface area contributed by atoms with Crippen LogP contribution in [-0.2, 0) is 6.54 Å². The SMILES string of the molecule is CN(c1ccccc1)c1ccc(CN(C)C2CCCNCC2)cn1. The maximum atomic E-state index is 4.66. The first kappa shape index (κ1) is 16.9. The molecule has 0 aliphatic carbocycles. The zero-order chi connectivity index (χ0) is 16.8.